The summed E-state index contributed by atoms with van der Waals surface area (Å²) in [5.74, 6) is 0.0354. The number of carbonyl (C=O) groups excluding carboxylic acids is 2. The number of thiazole rings is 1. The van der Waals surface area contributed by atoms with Crippen molar-refractivity contribution in [3.63, 3.8) is 0 Å². The summed E-state index contributed by atoms with van der Waals surface area (Å²) in [6, 6.07) is 5.30. The van der Waals surface area contributed by atoms with Crippen molar-refractivity contribution >= 4 is 34.2 Å². The van der Waals surface area contributed by atoms with Gasteiger partial charge in [0, 0.05) is 11.6 Å². The van der Waals surface area contributed by atoms with Crippen LogP contribution in [0.5, 0.6) is 5.75 Å². The van der Waals surface area contributed by atoms with Gasteiger partial charge in [-0.15, -0.1) is 11.3 Å². The number of nitrogens with one attached hydrogen (secondary N) is 1. The molecular weight excluding hydrogens is 380 g/mol. The van der Waals surface area contributed by atoms with Crippen molar-refractivity contribution in [1.29, 1.82) is 0 Å². The Balaban J connectivity index is 1.49. The van der Waals surface area contributed by atoms with Crippen LogP contribution in [0.4, 0.5) is 0 Å². The van der Waals surface area contributed by atoms with Crippen molar-refractivity contribution in [1.82, 2.24) is 10.5 Å². The molecule has 3 aromatic rings. The Hall–Kier alpha value is -2.87. The van der Waals surface area contributed by atoms with Gasteiger partial charge in [-0.05, 0) is 44.9 Å². The highest BCUT2D eigenvalue weighted by atomic mass is 32.1. The summed E-state index contributed by atoms with van der Waals surface area (Å²) in [7, 11) is 0. The molecule has 146 valence electrons. The third kappa shape index (κ3) is 3.73. The number of benzene rings is 1. The minimum absolute atomic E-state index is 0.113. The quantitative estimate of drug-likeness (QED) is 0.649. The van der Waals surface area contributed by atoms with E-state index in [0.29, 0.717) is 34.6 Å². The van der Waals surface area contributed by atoms with Crippen molar-refractivity contribution in [3.05, 3.63) is 45.6 Å². The number of ether oxygens (including phenoxy) is 1. The van der Waals surface area contributed by atoms with Crippen LogP contribution in [0, 0.1) is 19.8 Å². The zero-order valence-corrected chi connectivity index (χ0v) is 16.4. The second-order valence-corrected chi connectivity index (χ2v) is 8.12. The van der Waals surface area contributed by atoms with E-state index >= 15 is 0 Å². The average molecular weight is 400 g/mol. The molecular formula is C20H20N2O5S. The molecule has 0 spiro atoms. The van der Waals surface area contributed by atoms with Gasteiger partial charge in [0.05, 0.1) is 21.4 Å². The predicted molar refractivity (Wildman–Crippen MR) is 103 cm³/mol. The Morgan fingerprint density at radius 1 is 1.32 bits per heavy atom. The molecule has 1 aromatic carbocycles. The molecule has 7 nitrogen and oxygen atoms in total. The van der Waals surface area contributed by atoms with Gasteiger partial charge in [0.1, 0.15) is 23.7 Å². The Morgan fingerprint density at radius 2 is 2.14 bits per heavy atom. The number of aryl methyl sites for hydroxylation is 2. The maximum Gasteiger partial charge on any atom is 0.335 e. The Labute approximate surface area is 165 Å². The SMILES string of the molecule is Cc1ncc(COc2ccc3oc(C)c(C(=O)NOC(=O)C4CCC4)c3c2)s1. The molecule has 1 aliphatic carbocycles. The summed E-state index contributed by atoms with van der Waals surface area (Å²) in [6.07, 6.45) is 4.42. The third-order valence-corrected chi connectivity index (χ3v) is 5.68. The fourth-order valence-corrected chi connectivity index (χ4v) is 3.78. The fraction of sp³-hybridized carbons (Fsp3) is 0.350. The van der Waals surface area contributed by atoms with Crippen LogP contribution in [0.25, 0.3) is 11.0 Å². The van der Waals surface area contributed by atoms with Crippen molar-refractivity contribution in [2.75, 3.05) is 0 Å². The Bertz CT molecular complexity index is 1030. The van der Waals surface area contributed by atoms with Crippen molar-refractivity contribution in [2.45, 2.75) is 39.7 Å². The lowest BCUT2D eigenvalue weighted by molar-refractivity contribution is -0.156. The summed E-state index contributed by atoms with van der Waals surface area (Å²) in [5.41, 5.74) is 3.14. The van der Waals surface area contributed by atoms with Gasteiger partial charge in [-0.1, -0.05) is 6.42 Å². The fourth-order valence-electron chi connectivity index (χ4n) is 3.07. The van der Waals surface area contributed by atoms with E-state index in [9.17, 15) is 9.59 Å². The molecule has 0 atom stereocenters. The second kappa shape index (κ2) is 7.63. The van der Waals surface area contributed by atoms with Crippen LogP contribution in [0.15, 0.2) is 28.8 Å². The molecule has 1 aliphatic rings. The molecule has 0 radical (unpaired) electrons. The van der Waals surface area contributed by atoms with Crippen molar-refractivity contribution in [2.24, 2.45) is 5.92 Å². The molecule has 2 heterocycles. The van der Waals surface area contributed by atoms with E-state index in [-0.39, 0.29) is 5.92 Å². The van der Waals surface area contributed by atoms with E-state index < -0.39 is 11.9 Å². The first-order valence-electron chi connectivity index (χ1n) is 9.09. The summed E-state index contributed by atoms with van der Waals surface area (Å²) in [6.45, 7) is 4.04. The van der Waals surface area contributed by atoms with Crippen LogP contribution in [0.2, 0.25) is 0 Å². The van der Waals surface area contributed by atoms with Crippen LogP contribution >= 0.6 is 11.3 Å². The molecule has 0 bridgehead atoms. The summed E-state index contributed by atoms with van der Waals surface area (Å²) >= 11 is 1.57. The maximum absolute atomic E-state index is 12.6. The van der Waals surface area contributed by atoms with Crippen LogP contribution in [0.3, 0.4) is 0 Å². The predicted octanol–water partition coefficient (Wildman–Crippen LogP) is 4.07. The number of rotatable bonds is 5. The molecule has 28 heavy (non-hydrogen) atoms. The first-order chi connectivity index (χ1) is 13.5. The number of furan rings is 1. The van der Waals surface area contributed by atoms with Crippen molar-refractivity contribution in [3.8, 4) is 5.75 Å². The lowest BCUT2D eigenvalue weighted by atomic mass is 9.86. The highest BCUT2D eigenvalue weighted by molar-refractivity contribution is 7.11. The number of nitrogens with zero attached hydrogens (tertiary/aromatic N) is 1. The monoisotopic (exact) mass is 400 g/mol. The van der Waals surface area contributed by atoms with Gasteiger partial charge >= 0.3 is 5.97 Å². The van der Waals surface area contributed by atoms with E-state index in [0.717, 1.165) is 29.1 Å². The van der Waals surface area contributed by atoms with Crippen LogP contribution in [-0.2, 0) is 16.2 Å². The summed E-state index contributed by atoms with van der Waals surface area (Å²) in [4.78, 5) is 34.6. The normalized spacial score (nSPS) is 13.9. The van der Waals surface area contributed by atoms with Gasteiger partial charge in [-0.25, -0.2) is 9.78 Å². The average Bonchev–Trinajstić information content (AvgIpc) is 3.18. The number of carbonyl (C=O) groups is 2. The van der Waals surface area contributed by atoms with E-state index in [1.165, 1.54) is 0 Å². The molecule has 0 unspecified atom stereocenters. The topological polar surface area (TPSA) is 90.7 Å². The van der Waals surface area contributed by atoms with Crippen molar-refractivity contribution < 1.29 is 23.6 Å². The molecule has 1 amide bonds. The van der Waals surface area contributed by atoms with Gasteiger partial charge in [0.15, 0.2) is 0 Å². The molecule has 1 saturated carbocycles. The zero-order chi connectivity index (χ0) is 19.7. The Morgan fingerprint density at radius 3 is 2.82 bits per heavy atom. The third-order valence-electron chi connectivity index (χ3n) is 4.80. The summed E-state index contributed by atoms with van der Waals surface area (Å²) < 4.78 is 11.5. The van der Waals surface area contributed by atoms with Gasteiger partial charge in [0.25, 0.3) is 5.91 Å². The highest BCUT2D eigenvalue weighted by Gasteiger charge is 2.28. The number of aromatic nitrogens is 1. The van der Waals surface area contributed by atoms with E-state index in [1.54, 1.807) is 42.7 Å². The first kappa shape index (κ1) is 18.5. The number of amides is 1. The standard InChI is InChI=1S/C20H20N2O5S/c1-11-18(19(23)22-27-20(24)13-4-3-5-13)16-8-14(6-7-17(16)26-11)25-10-15-9-21-12(2)28-15/h6-9,13H,3-5,10H2,1-2H3,(H,22,23). The van der Waals surface area contributed by atoms with Crippen LogP contribution < -0.4 is 10.2 Å². The molecule has 2 aromatic heterocycles. The minimum atomic E-state index is -0.515. The summed E-state index contributed by atoms with van der Waals surface area (Å²) in [5, 5.41) is 1.59. The second-order valence-electron chi connectivity index (χ2n) is 6.81. The van der Waals surface area contributed by atoms with Gasteiger partial charge in [-0.3, -0.25) is 4.79 Å². The van der Waals surface area contributed by atoms with E-state index in [4.69, 9.17) is 14.0 Å². The number of hydroxylamine groups is 1. The minimum Gasteiger partial charge on any atom is -0.488 e. The number of hydrogen-bond donors (Lipinski definition) is 1. The lowest BCUT2D eigenvalue weighted by Gasteiger charge is -2.22. The number of hydrogen-bond acceptors (Lipinski definition) is 7. The van der Waals surface area contributed by atoms with Gasteiger partial charge in [-0.2, -0.15) is 5.48 Å². The van der Waals surface area contributed by atoms with Crippen LogP contribution in [-0.4, -0.2) is 16.9 Å². The van der Waals surface area contributed by atoms with Gasteiger partial charge in [0.2, 0.25) is 0 Å². The van der Waals surface area contributed by atoms with Gasteiger partial charge < -0.3 is 14.0 Å². The molecule has 0 aliphatic heterocycles. The molecule has 8 heteroatoms. The molecule has 4 rings (SSSR count). The van der Waals surface area contributed by atoms with E-state index in [2.05, 4.69) is 10.5 Å². The highest BCUT2D eigenvalue weighted by Crippen LogP contribution is 2.30. The molecule has 0 saturated heterocycles. The largest absolute Gasteiger partial charge is 0.488 e. The maximum atomic E-state index is 12.6. The smallest absolute Gasteiger partial charge is 0.335 e. The lowest BCUT2D eigenvalue weighted by Crippen LogP contribution is -2.33. The molecule has 1 N–H and O–H groups in total. The first-order valence-corrected chi connectivity index (χ1v) is 9.91. The van der Waals surface area contributed by atoms with Crippen LogP contribution in [0.1, 0.15) is 45.3 Å². The number of fused-ring (bicyclic) bond motifs is 1. The zero-order valence-electron chi connectivity index (χ0n) is 15.6. The molecule has 1 fully saturated rings. The Kier molecular flexibility index (Phi) is 5.04. The van der Waals surface area contributed by atoms with E-state index in [1.807, 2.05) is 6.92 Å².